The summed E-state index contributed by atoms with van der Waals surface area (Å²) >= 11 is 6.46. The van der Waals surface area contributed by atoms with Crippen LogP contribution in [0.25, 0.3) is 27.6 Å². The molecule has 43 heavy (non-hydrogen) atoms. The van der Waals surface area contributed by atoms with E-state index in [1.807, 2.05) is 12.1 Å². The van der Waals surface area contributed by atoms with Gasteiger partial charge in [-0.3, -0.25) is 14.3 Å². The van der Waals surface area contributed by atoms with Crippen LogP contribution in [0.5, 0.6) is 17.2 Å². The molecule has 5 rings (SSSR count). The number of halogens is 3. The van der Waals surface area contributed by atoms with E-state index < -0.39 is 11.5 Å². The van der Waals surface area contributed by atoms with Gasteiger partial charge in [0.25, 0.3) is 5.56 Å². The second-order valence-electron chi connectivity index (χ2n) is 8.99. The summed E-state index contributed by atoms with van der Waals surface area (Å²) in [7, 11) is 4.21. The first kappa shape index (κ1) is 33.1. The average molecular weight is 645 g/mol. The van der Waals surface area contributed by atoms with Crippen molar-refractivity contribution in [1.29, 1.82) is 0 Å². The van der Waals surface area contributed by atoms with Gasteiger partial charge in [0.15, 0.2) is 0 Å². The minimum absolute atomic E-state index is 0. The van der Waals surface area contributed by atoms with Crippen LogP contribution >= 0.6 is 36.4 Å². The molecule has 5 aromatic rings. The number of fused-ring (bicyclic) bond motifs is 1. The number of hydrogen-bond acceptors (Lipinski definition) is 8. The number of nitrogen functional groups attached to an aromatic ring is 1. The van der Waals surface area contributed by atoms with Gasteiger partial charge in [-0.15, -0.1) is 24.8 Å². The number of hydrogen-bond donors (Lipinski definition) is 1. The van der Waals surface area contributed by atoms with Crippen LogP contribution in [0.3, 0.4) is 0 Å². The molecule has 0 aliphatic rings. The van der Waals surface area contributed by atoms with Crippen LogP contribution in [-0.4, -0.2) is 36.8 Å². The average Bonchev–Trinajstić information content (AvgIpc) is 3.01. The number of anilines is 1. The first-order chi connectivity index (χ1) is 19.9. The summed E-state index contributed by atoms with van der Waals surface area (Å²) in [5.41, 5.74) is 8.25. The molecule has 12 heteroatoms. The molecule has 0 radical (unpaired) electrons. The van der Waals surface area contributed by atoms with Crippen LogP contribution in [-0.2, 0) is 11.3 Å². The number of aromatic nitrogens is 2. The van der Waals surface area contributed by atoms with Crippen LogP contribution in [0, 0.1) is 0 Å². The molecule has 224 valence electrons. The molecule has 0 bridgehead atoms. The van der Waals surface area contributed by atoms with Gasteiger partial charge in [-0.2, -0.15) is 0 Å². The Labute approximate surface area is 264 Å². The Hall–Kier alpha value is -4.44. The SMILES string of the molecule is COC(=O)c1c(-c2cc(OC)c(Cl)c(OC)c2)c2ccc(OCc3ccncc3)cc2c(=O)n1-c1ccc(N)cc1.Cl.Cl. The minimum atomic E-state index is -0.721. The topological polar surface area (TPSA) is 115 Å². The van der Waals surface area contributed by atoms with Crippen molar-refractivity contribution in [3.05, 3.63) is 106 Å². The van der Waals surface area contributed by atoms with E-state index in [2.05, 4.69) is 4.98 Å². The van der Waals surface area contributed by atoms with E-state index in [1.165, 1.54) is 25.9 Å². The van der Waals surface area contributed by atoms with Crippen molar-refractivity contribution in [3.63, 3.8) is 0 Å². The molecule has 2 heterocycles. The van der Waals surface area contributed by atoms with Crippen LogP contribution in [0.2, 0.25) is 5.02 Å². The molecular formula is C31H28Cl3N3O6. The van der Waals surface area contributed by atoms with Crippen LogP contribution < -0.4 is 25.5 Å². The third-order valence-electron chi connectivity index (χ3n) is 6.57. The van der Waals surface area contributed by atoms with Crippen molar-refractivity contribution in [2.45, 2.75) is 6.61 Å². The highest BCUT2D eigenvalue weighted by Crippen LogP contribution is 2.42. The van der Waals surface area contributed by atoms with E-state index in [0.717, 1.165) is 5.56 Å². The molecule has 0 aliphatic carbocycles. The highest BCUT2D eigenvalue weighted by Gasteiger charge is 2.27. The summed E-state index contributed by atoms with van der Waals surface area (Å²) in [4.78, 5) is 31.6. The Morgan fingerprint density at radius 1 is 0.884 bits per heavy atom. The summed E-state index contributed by atoms with van der Waals surface area (Å²) in [5.74, 6) is 0.403. The lowest BCUT2D eigenvalue weighted by Crippen LogP contribution is -2.27. The number of esters is 1. The number of ether oxygens (including phenoxy) is 4. The fourth-order valence-corrected chi connectivity index (χ4v) is 4.84. The first-order valence-corrected chi connectivity index (χ1v) is 12.8. The number of carbonyl (C=O) groups is 1. The number of pyridine rings is 2. The highest BCUT2D eigenvalue weighted by atomic mass is 35.5. The van der Waals surface area contributed by atoms with Crippen molar-refractivity contribution in [2.24, 2.45) is 0 Å². The third-order valence-corrected chi connectivity index (χ3v) is 6.95. The summed E-state index contributed by atoms with van der Waals surface area (Å²) < 4.78 is 23.5. The molecule has 0 spiro atoms. The second kappa shape index (κ2) is 14.2. The Kier molecular flexibility index (Phi) is 10.9. The molecule has 0 unspecified atom stereocenters. The first-order valence-electron chi connectivity index (χ1n) is 12.5. The van der Waals surface area contributed by atoms with Crippen molar-refractivity contribution in [3.8, 4) is 34.1 Å². The van der Waals surface area contributed by atoms with E-state index in [-0.39, 0.29) is 42.1 Å². The maximum absolute atomic E-state index is 14.2. The Bertz CT molecular complexity index is 1790. The van der Waals surface area contributed by atoms with Gasteiger partial charge in [-0.05, 0) is 83.2 Å². The van der Waals surface area contributed by atoms with Crippen molar-refractivity contribution >= 4 is 58.8 Å². The fraction of sp³-hybridized carbons (Fsp3) is 0.129. The molecule has 3 aromatic carbocycles. The van der Waals surface area contributed by atoms with Crippen molar-refractivity contribution in [1.82, 2.24) is 9.55 Å². The third kappa shape index (κ3) is 6.49. The van der Waals surface area contributed by atoms with Crippen LogP contribution in [0.4, 0.5) is 5.69 Å². The number of rotatable bonds is 8. The smallest absolute Gasteiger partial charge is 0.355 e. The predicted octanol–water partition coefficient (Wildman–Crippen LogP) is 6.51. The zero-order chi connectivity index (χ0) is 29.1. The predicted molar refractivity (Wildman–Crippen MR) is 172 cm³/mol. The summed E-state index contributed by atoms with van der Waals surface area (Å²) in [6.07, 6.45) is 3.36. The fourth-order valence-electron chi connectivity index (χ4n) is 4.58. The summed E-state index contributed by atoms with van der Waals surface area (Å²) in [6, 6.07) is 18.8. The van der Waals surface area contributed by atoms with Gasteiger partial charge in [0.1, 0.15) is 34.6 Å². The molecular weight excluding hydrogens is 617 g/mol. The van der Waals surface area contributed by atoms with Gasteiger partial charge in [0.05, 0.1) is 26.7 Å². The largest absolute Gasteiger partial charge is 0.495 e. The summed E-state index contributed by atoms with van der Waals surface area (Å²) in [6.45, 7) is 0.277. The van der Waals surface area contributed by atoms with Gasteiger partial charge in [0.2, 0.25) is 0 Å². The van der Waals surface area contributed by atoms with E-state index in [4.69, 9.17) is 36.3 Å². The zero-order valence-electron chi connectivity index (χ0n) is 23.3. The monoisotopic (exact) mass is 643 g/mol. The number of benzene rings is 3. The van der Waals surface area contributed by atoms with Crippen LogP contribution in [0.15, 0.2) is 83.9 Å². The van der Waals surface area contributed by atoms with E-state index >= 15 is 0 Å². The van der Waals surface area contributed by atoms with Gasteiger partial charge in [0, 0.05) is 29.3 Å². The normalized spacial score (nSPS) is 10.3. The molecule has 0 saturated carbocycles. The standard InChI is InChI=1S/C31H26ClN3O6.2ClH/c1-38-25-14-19(15-26(39-2)28(25)32)27-23-9-8-22(41-17-18-10-12-34-13-11-18)16-24(23)30(36)35(29(27)31(37)40-3)21-6-4-20(33)5-7-21;;/h4-16H,17,33H2,1-3H3;2*1H. The van der Waals surface area contributed by atoms with E-state index in [0.29, 0.717) is 50.5 Å². The van der Waals surface area contributed by atoms with Crippen LogP contribution in [0.1, 0.15) is 16.1 Å². The van der Waals surface area contributed by atoms with E-state index in [1.54, 1.807) is 67.0 Å². The number of nitrogens with zero attached hydrogens (tertiary/aromatic N) is 2. The van der Waals surface area contributed by atoms with Gasteiger partial charge >= 0.3 is 5.97 Å². The number of carbonyl (C=O) groups excluding carboxylic acids is 1. The maximum Gasteiger partial charge on any atom is 0.355 e. The lowest BCUT2D eigenvalue weighted by molar-refractivity contribution is 0.0591. The molecule has 0 saturated heterocycles. The molecule has 0 fully saturated rings. The molecule has 9 nitrogen and oxygen atoms in total. The maximum atomic E-state index is 14.2. The lowest BCUT2D eigenvalue weighted by Gasteiger charge is -2.20. The number of methoxy groups -OCH3 is 3. The molecule has 0 amide bonds. The molecule has 0 atom stereocenters. The molecule has 0 aliphatic heterocycles. The zero-order valence-corrected chi connectivity index (χ0v) is 25.7. The molecule has 2 aromatic heterocycles. The second-order valence-corrected chi connectivity index (χ2v) is 9.37. The van der Waals surface area contributed by atoms with Gasteiger partial charge in [-0.25, -0.2) is 4.79 Å². The Morgan fingerprint density at radius 3 is 2.09 bits per heavy atom. The summed E-state index contributed by atoms with van der Waals surface area (Å²) in [5, 5.41) is 1.07. The Balaban J connectivity index is 0.00000253. The van der Waals surface area contributed by atoms with Gasteiger partial charge in [-0.1, -0.05) is 11.6 Å². The Morgan fingerprint density at radius 2 is 1.51 bits per heavy atom. The number of nitrogens with two attached hydrogens (primary N) is 1. The quantitative estimate of drug-likeness (QED) is 0.150. The minimum Gasteiger partial charge on any atom is -0.495 e. The van der Waals surface area contributed by atoms with Gasteiger partial charge < -0.3 is 24.7 Å². The van der Waals surface area contributed by atoms with E-state index in [9.17, 15) is 9.59 Å². The highest BCUT2D eigenvalue weighted by molar-refractivity contribution is 6.33. The lowest BCUT2D eigenvalue weighted by atomic mass is 9.95. The van der Waals surface area contributed by atoms with Crippen molar-refractivity contribution in [2.75, 3.05) is 27.1 Å². The molecule has 2 N–H and O–H groups in total. The van der Waals surface area contributed by atoms with Crippen molar-refractivity contribution < 1.29 is 23.7 Å².